The van der Waals surface area contributed by atoms with Crippen LogP contribution in [0.2, 0.25) is 0 Å². The van der Waals surface area contributed by atoms with Crippen LogP contribution in [0.1, 0.15) is 425 Å². The molecule has 2 atom stereocenters. The average Bonchev–Trinajstić information content (AvgIpc) is 2.74. The summed E-state index contributed by atoms with van der Waals surface area (Å²) in [6.45, 7) is 4.21. The lowest BCUT2D eigenvalue weighted by atomic mass is 10.0. The van der Waals surface area contributed by atoms with Gasteiger partial charge in [0.25, 0.3) is 7.82 Å². The van der Waals surface area contributed by atoms with Gasteiger partial charge in [0.1, 0.15) is 19.8 Å². The number of rotatable bonds is 79. The SMILES string of the molecule is CC/C=C\C/C=C\C/C=C\C/C=C\C/C=C\CCCCCCCCCCCCCCCCCCCCCC(=O)OC(COC(=O)CCCCCCCCCCCCCCCCCCCCCCCCCCCCCCCCCCCCCCC)COP(=O)([O-])OCC[N+](C)(C)C. The molecule has 10 heteroatoms. The number of hydrogen-bond donors (Lipinski definition) is 0. The van der Waals surface area contributed by atoms with Gasteiger partial charge in [-0.3, -0.25) is 14.2 Å². The Bertz CT molecular complexity index is 1800. The number of nitrogens with zero attached hydrogens (tertiary/aromatic N) is 1. The van der Waals surface area contributed by atoms with E-state index in [0.717, 1.165) is 64.2 Å². The lowest BCUT2D eigenvalue weighted by Crippen LogP contribution is -2.37. The zero-order valence-electron chi connectivity index (χ0n) is 64.6. The molecule has 0 saturated heterocycles. The van der Waals surface area contributed by atoms with Gasteiger partial charge in [-0.05, 0) is 57.8 Å². The first-order chi connectivity index (χ1) is 47.0. The number of hydrogen-bond acceptors (Lipinski definition) is 8. The maximum absolute atomic E-state index is 12.9. The molecule has 0 aromatic rings. The Balaban J connectivity index is 3.88. The van der Waals surface area contributed by atoms with Gasteiger partial charge in [0.05, 0.1) is 27.7 Å². The molecular formula is C86H162NO8P. The van der Waals surface area contributed by atoms with Gasteiger partial charge in [-0.15, -0.1) is 0 Å². The minimum absolute atomic E-state index is 0.0285. The van der Waals surface area contributed by atoms with Crippen LogP contribution in [0.15, 0.2) is 60.8 Å². The van der Waals surface area contributed by atoms with Gasteiger partial charge in [0, 0.05) is 12.8 Å². The molecule has 0 saturated carbocycles. The van der Waals surface area contributed by atoms with Crippen LogP contribution < -0.4 is 4.89 Å². The molecule has 0 aromatic heterocycles. The molecule has 0 rings (SSSR count). The smallest absolute Gasteiger partial charge is 0.306 e. The lowest BCUT2D eigenvalue weighted by molar-refractivity contribution is -0.870. The van der Waals surface area contributed by atoms with Gasteiger partial charge in [-0.25, -0.2) is 0 Å². The molecule has 0 radical (unpaired) electrons. The molecule has 0 fully saturated rings. The summed E-state index contributed by atoms with van der Waals surface area (Å²) < 4.78 is 34.5. The van der Waals surface area contributed by atoms with Crippen LogP contribution in [-0.4, -0.2) is 70.0 Å². The van der Waals surface area contributed by atoms with Crippen LogP contribution in [-0.2, 0) is 32.7 Å². The van der Waals surface area contributed by atoms with Crippen molar-refractivity contribution in [1.29, 1.82) is 0 Å². The molecule has 9 nitrogen and oxygen atoms in total. The van der Waals surface area contributed by atoms with E-state index in [1.165, 1.54) is 327 Å². The fraction of sp³-hybridized carbons (Fsp3) is 0.860. The van der Waals surface area contributed by atoms with Crippen LogP contribution in [0.3, 0.4) is 0 Å². The lowest BCUT2D eigenvalue weighted by Gasteiger charge is -2.28. The Morgan fingerprint density at radius 3 is 0.885 bits per heavy atom. The number of phosphoric ester groups is 1. The Labute approximate surface area is 597 Å². The molecule has 564 valence electrons. The normalized spacial score (nSPS) is 13.3. The fourth-order valence-electron chi connectivity index (χ4n) is 12.7. The largest absolute Gasteiger partial charge is 0.756 e. The fourth-order valence-corrected chi connectivity index (χ4v) is 13.4. The monoisotopic (exact) mass is 1370 g/mol. The van der Waals surface area contributed by atoms with Crippen molar-refractivity contribution >= 4 is 19.8 Å². The van der Waals surface area contributed by atoms with Crippen LogP contribution in [0.4, 0.5) is 0 Å². The van der Waals surface area contributed by atoms with Crippen LogP contribution in [0, 0.1) is 0 Å². The summed E-state index contributed by atoms with van der Waals surface area (Å²) >= 11 is 0. The van der Waals surface area contributed by atoms with Crippen molar-refractivity contribution in [3.8, 4) is 0 Å². The minimum atomic E-state index is -4.65. The van der Waals surface area contributed by atoms with Crippen LogP contribution in [0.5, 0.6) is 0 Å². The van der Waals surface area contributed by atoms with Gasteiger partial charge in [0.15, 0.2) is 6.10 Å². The summed E-state index contributed by atoms with van der Waals surface area (Å²) in [7, 11) is 1.19. The second-order valence-corrected chi connectivity index (χ2v) is 31.2. The highest BCUT2D eigenvalue weighted by Crippen LogP contribution is 2.38. The number of unbranched alkanes of at least 4 members (excludes halogenated alkanes) is 55. The van der Waals surface area contributed by atoms with E-state index < -0.39 is 26.5 Å². The maximum atomic E-state index is 12.9. The molecule has 0 aliphatic heterocycles. The van der Waals surface area contributed by atoms with E-state index >= 15 is 0 Å². The number of ether oxygens (including phenoxy) is 2. The second kappa shape index (κ2) is 76.9. The van der Waals surface area contributed by atoms with Crippen molar-refractivity contribution in [3.05, 3.63) is 60.8 Å². The summed E-state index contributed by atoms with van der Waals surface area (Å²) in [5.41, 5.74) is 0. The van der Waals surface area contributed by atoms with Crippen molar-refractivity contribution in [2.45, 2.75) is 431 Å². The zero-order valence-corrected chi connectivity index (χ0v) is 65.5. The quantitative estimate of drug-likeness (QED) is 0.0195. The highest BCUT2D eigenvalue weighted by Gasteiger charge is 2.22. The highest BCUT2D eigenvalue weighted by molar-refractivity contribution is 7.45. The number of likely N-dealkylation sites (N-methyl/N-ethyl adjacent to an activating group) is 1. The van der Waals surface area contributed by atoms with E-state index in [0.29, 0.717) is 17.4 Å². The molecule has 2 unspecified atom stereocenters. The Kier molecular flexibility index (Phi) is 75.0. The van der Waals surface area contributed by atoms with Crippen molar-refractivity contribution in [2.24, 2.45) is 0 Å². The van der Waals surface area contributed by atoms with Crippen molar-refractivity contribution in [3.63, 3.8) is 0 Å². The Hall–Kier alpha value is -2.29. The predicted molar refractivity (Wildman–Crippen MR) is 416 cm³/mol. The van der Waals surface area contributed by atoms with Gasteiger partial charge in [-0.1, -0.05) is 415 Å². The molecule has 0 N–H and O–H groups in total. The van der Waals surface area contributed by atoms with E-state index in [9.17, 15) is 19.0 Å². The van der Waals surface area contributed by atoms with Crippen molar-refractivity contribution in [2.75, 3.05) is 47.5 Å². The highest BCUT2D eigenvalue weighted by atomic mass is 31.2. The van der Waals surface area contributed by atoms with E-state index in [1.807, 2.05) is 21.1 Å². The zero-order chi connectivity index (χ0) is 69.7. The minimum Gasteiger partial charge on any atom is -0.756 e. The third-order valence-corrected chi connectivity index (χ3v) is 20.0. The molecule has 0 amide bonds. The average molecular weight is 1370 g/mol. The van der Waals surface area contributed by atoms with Gasteiger partial charge in [-0.2, -0.15) is 0 Å². The Morgan fingerprint density at radius 1 is 0.333 bits per heavy atom. The molecular weight excluding hydrogens is 1210 g/mol. The molecule has 0 spiro atoms. The number of carbonyl (C=O) groups is 2. The van der Waals surface area contributed by atoms with E-state index in [4.69, 9.17) is 18.5 Å². The Morgan fingerprint density at radius 2 is 0.594 bits per heavy atom. The van der Waals surface area contributed by atoms with E-state index in [2.05, 4.69) is 74.6 Å². The molecule has 0 aromatic carbocycles. The molecule has 0 heterocycles. The number of esters is 2. The predicted octanol–water partition coefficient (Wildman–Crippen LogP) is 27.4. The number of quaternary nitrogens is 1. The third kappa shape index (κ3) is 80.7. The summed E-state index contributed by atoms with van der Waals surface area (Å²) in [5, 5.41) is 0. The van der Waals surface area contributed by atoms with E-state index in [-0.39, 0.29) is 32.0 Å². The molecule has 0 aliphatic rings. The first-order valence-corrected chi connectivity index (χ1v) is 43.5. The molecule has 0 bridgehead atoms. The van der Waals surface area contributed by atoms with E-state index in [1.54, 1.807) is 0 Å². The molecule has 96 heavy (non-hydrogen) atoms. The maximum Gasteiger partial charge on any atom is 0.306 e. The second-order valence-electron chi connectivity index (χ2n) is 29.8. The third-order valence-electron chi connectivity index (χ3n) is 19.1. The summed E-state index contributed by atoms with van der Waals surface area (Å²) in [5.74, 6) is -0.809. The number of phosphoric acid groups is 1. The first kappa shape index (κ1) is 93.7. The van der Waals surface area contributed by atoms with Gasteiger partial charge in [0.2, 0.25) is 0 Å². The van der Waals surface area contributed by atoms with Crippen LogP contribution >= 0.6 is 7.82 Å². The first-order valence-electron chi connectivity index (χ1n) is 42.0. The standard InChI is InChI=1S/C86H162NO8P/c1-6-8-10-12-14-16-18-20-22-24-26-28-30-32-34-36-38-40-42-43-45-46-48-50-52-54-56-58-60-62-64-66-68-70-72-74-76-78-85(88)92-82-84(83-94-96(90,91)93-81-80-87(3,4)5)95-86(89)79-77-75-73-71-69-67-65-63-61-59-57-55-53-51-49-47-44-41-39-37-35-33-31-29-27-25-23-21-19-17-15-13-11-9-7-2/h9,11,15,17,21,23,27,29,33,35,84H,6-8,10,12-14,16,18-20,22,24-26,28,30-32,34,36-83H2,1-5H3/b11-9-,17-15-,23-21-,29-27-,35-33-. The topological polar surface area (TPSA) is 111 Å². The summed E-state index contributed by atoms with van der Waals surface area (Å²) in [4.78, 5) is 38.2. The van der Waals surface area contributed by atoms with Crippen molar-refractivity contribution in [1.82, 2.24) is 0 Å². The van der Waals surface area contributed by atoms with Gasteiger partial charge >= 0.3 is 11.9 Å². The van der Waals surface area contributed by atoms with Crippen LogP contribution in [0.25, 0.3) is 0 Å². The number of carbonyl (C=O) groups excluding carboxylic acids is 2. The number of allylic oxidation sites excluding steroid dienone is 10. The van der Waals surface area contributed by atoms with Gasteiger partial charge < -0.3 is 27.9 Å². The van der Waals surface area contributed by atoms with Crippen molar-refractivity contribution < 1.29 is 42.1 Å². The molecule has 0 aliphatic carbocycles. The summed E-state index contributed by atoms with van der Waals surface area (Å²) in [6, 6.07) is 0. The summed E-state index contributed by atoms with van der Waals surface area (Å²) in [6.07, 6.45) is 104.